The zero-order valence-electron chi connectivity index (χ0n) is 12.7. The summed E-state index contributed by atoms with van der Waals surface area (Å²) in [6, 6.07) is 16.0. The Morgan fingerprint density at radius 2 is 2.05 bits per heavy atom. The Morgan fingerprint density at radius 3 is 2.82 bits per heavy atom. The van der Waals surface area contributed by atoms with E-state index in [0.29, 0.717) is 13.0 Å². The van der Waals surface area contributed by atoms with E-state index >= 15 is 0 Å². The van der Waals surface area contributed by atoms with E-state index in [0.717, 1.165) is 29.9 Å². The van der Waals surface area contributed by atoms with Crippen molar-refractivity contribution in [2.24, 2.45) is 0 Å². The minimum Gasteiger partial charge on any atom is -0.493 e. The SMILES string of the molecule is CCOC(=O)[C@@H](Cc1ccc2c(c1)CCO2)c1ccccc1. The zero-order chi connectivity index (χ0) is 15.4. The van der Waals surface area contributed by atoms with Crippen LogP contribution in [0.4, 0.5) is 0 Å². The molecule has 114 valence electrons. The van der Waals surface area contributed by atoms with E-state index in [1.165, 1.54) is 5.56 Å². The standard InChI is InChI=1S/C19H20O3/c1-2-21-19(20)17(15-6-4-3-5-7-15)13-14-8-9-18-16(12-14)10-11-22-18/h3-9,12,17H,2,10-11,13H2,1H3/t17-/m0/s1. The number of hydrogen-bond donors (Lipinski definition) is 0. The van der Waals surface area contributed by atoms with Gasteiger partial charge < -0.3 is 9.47 Å². The Morgan fingerprint density at radius 1 is 1.23 bits per heavy atom. The molecule has 3 nitrogen and oxygen atoms in total. The van der Waals surface area contributed by atoms with Gasteiger partial charge in [-0.2, -0.15) is 0 Å². The van der Waals surface area contributed by atoms with Crippen molar-refractivity contribution >= 4 is 5.97 Å². The Bertz CT molecular complexity index is 649. The van der Waals surface area contributed by atoms with E-state index < -0.39 is 0 Å². The van der Waals surface area contributed by atoms with Gasteiger partial charge in [-0.25, -0.2) is 0 Å². The van der Waals surface area contributed by atoms with E-state index in [9.17, 15) is 4.79 Å². The smallest absolute Gasteiger partial charge is 0.313 e. The summed E-state index contributed by atoms with van der Waals surface area (Å²) in [4.78, 5) is 12.3. The van der Waals surface area contributed by atoms with Crippen LogP contribution in [0.5, 0.6) is 5.75 Å². The van der Waals surface area contributed by atoms with E-state index in [4.69, 9.17) is 9.47 Å². The molecule has 0 aliphatic carbocycles. The highest BCUT2D eigenvalue weighted by Crippen LogP contribution is 2.29. The van der Waals surface area contributed by atoms with E-state index in [1.54, 1.807) is 0 Å². The number of fused-ring (bicyclic) bond motifs is 1. The first-order valence-corrected chi connectivity index (χ1v) is 7.74. The number of benzene rings is 2. The molecule has 2 aromatic rings. The fourth-order valence-corrected chi connectivity index (χ4v) is 2.87. The zero-order valence-corrected chi connectivity index (χ0v) is 12.7. The van der Waals surface area contributed by atoms with Gasteiger partial charge in [0.15, 0.2) is 0 Å². The molecule has 1 aliphatic rings. The van der Waals surface area contributed by atoms with Crippen molar-refractivity contribution in [1.82, 2.24) is 0 Å². The molecule has 0 saturated heterocycles. The summed E-state index contributed by atoms with van der Waals surface area (Å²) in [5.74, 6) is 0.545. The maximum absolute atomic E-state index is 12.3. The second-order valence-corrected chi connectivity index (χ2v) is 5.46. The number of carbonyl (C=O) groups excluding carboxylic acids is 1. The quantitative estimate of drug-likeness (QED) is 0.792. The molecule has 2 aromatic carbocycles. The van der Waals surface area contributed by atoms with Gasteiger partial charge in [-0.05, 0) is 36.1 Å². The van der Waals surface area contributed by atoms with Gasteiger partial charge in [0.1, 0.15) is 5.75 Å². The fraction of sp³-hybridized carbons (Fsp3) is 0.316. The second-order valence-electron chi connectivity index (χ2n) is 5.46. The van der Waals surface area contributed by atoms with Crippen LogP contribution in [0.25, 0.3) is 0 Å². The Hall–Kier alpha value is -2.29. The summed E-state index contributed by atoms with van der Waals surface area (Å²) in [5.41, 5.74) is 3.37. The van der Waals surface area contributed by atoms with Crippen LogP contribution in [0.1, 0.15) is 29.5 Å². The third kappa shape index (κ3) is 3.14. The average molecular weight is 296 g/mol. The third-order valence-corrected chi connectivity index (χ3v) is 3.97. The molecular formula is C19H20O3. The molecule has 1 atom stereocenters. The van der Waals surface area contributed by atoms with Crippen molar-refractivity contribution in [2.45, 2.75) is 25.7 Å². The van der Waals surface area contributed by atoms with Crippen LogP contribution in [-0.4, -0.2) is 19.2 Å². The normalized spacial score (nSPS) is 14.0. The molecule has 22 heavy (non-hydrogen) atoms. The molecule has 1 heterocycles. The molecule has 0 bridgehead atoms. The van der Waals surface area contributed by atoms with Gasteiger partial charge in [-0.15, -0.1) is 0 Å². The molecular weight excluding hydrogens is 276 g/mol. The van der Waals surface area contributed by atoms with Gasteiger partial charge in [0.2, 0.25) is 0 Å². The molecule has 0 aromatic heterocycles. The minimum atomic E-state index is -0.262. The van der Waals surface area contributed by atoms with Gasteiger partial charge in [0.25, 0.3) is 0 Å². The predicted octanol–water partition coefficient (Wildman–Crippen LogP) is 3.51. The van der Waals surface area contributed by atoms with E-state index in [-0.39, 0.29) is 11.9 Å². The largest absolute Gasteiger partial charge is 0.493 e. The minimum absolute atomic E-state index is 0.162. The summed E-state index contributed by atoms with van der Waals surface area (Å²) in [6.07, 6.45) is 1.59. The monoisotopic (exact) mass is 296 g/mol. The van der Waals surface area contributed by atoms with Gasteiger partial charge >= 0.3 is 5.97 Å². The molecule has 3 heteroatoms. The molecule has 0 radical (unpaired) electrons. The molecule has 0 amide bonds. The second kappa shape index (κ2) is 6.65. The van der Waals surface area contributed by atoms with Gasteiger partial charge in [0, 0.05) is 6.42 Å². The molecule has 0 fully saturated rings. The van der Waals surface area contributed by atoms with Crippen molar-refractivity contribution in [1.29, 1.82) is 0 Å². The van der Waals surface area contributed by atoms with Crippen LogP contribution >= 0.6 is 0 Å². The Kier molecular flexibility index (Phi) is 4.42. The van der Waals surface area contributed by atoms with Crippen LogP contribution in [0.3, 0.4) is 0 Å². The third-order valence-electron chi connectivity index (χ3n) is 3.97. The fourth-order valence-electron chi connectivity index (χ4n) is 2.87. The highest BCUT2D eigenvalue weighted by atomic mass is 16.5. The highest BCUT2D eigenvalue weighted by Gasteiger charge is 2.23. The molecule has 0 N–H and O–H groups in total. The van der Waals surface area contributed by atoms with Crippen molar-refractivity contribution in [3.8, 4) is 5.75 Å². The van der Waals surface area contributed by atoms with E-state index in [1.807, 2.05) is 49.4 Å². The lowest BCUT2D eigenvalue weighted by molar-refractivity contribution is -0.144. The van der Waals surface area contributed by atoms with E-state index in [2.05, 4.69) is 6.07 Å². The summed E-state index contributed by atoms with van der Waals surface area (Å²) in [7, 11) is 0. The summed E-state index contributed by atoms with van der Waals surface area (Å²) >= 11 is 0. The maximum atomic E-state index is 12.3. The van der Waals surface area contributed by atoms with Gasteiger partial charge in [-0.1, -0.05) is 42.5 Å². The average Bonchev–Trinajstić information content (AvgIpc) is 3.01. The van der Waals surface area contributed by atoms with Crippen molar-refractivity contribution < 1.29 is 14.3 Å². The molecule has 0 unspecified atom stereocenters. The number of hydrogen-bond acceptors (Lipinski definition) is 3. The van der Waals surface area contributed by atoms with Crippen LogP contribution in [0.2, 0.25) is 0 Å². The van der Waals surface area contributed by atoms with Crippen LogP contribution in [-0.2, 0) is 22.4 Å². The number of rotatable bonds is 5. The topological polar surface area (TPSA) is 35.5 Å². The first-order chi connectivity index (χ1) is 10.8. The lowest BCUT2D eigenvalue weighted by Gasteiger charge is -2.16. The number of carbonyl (C=O) groups is 1. The number of ether oxygens (including phenoxy) is 2. The molecule has 0 saturated carbocycles. The lowest BCUT2D eigenvalue weighted by Crippen LogP contribution is -2.18. The highest BCUT2D eigenvalue weighted by molar-refractivity contribution is 5.78. The van der Waals surface area contributed by atoms with Gasteiger partial charge in [0.05, 0.1) is 19.1 Å². The van der Waals surface area contributed by atoms with Crippen LogP contribution in [0, 0.1) is 0 Å². The van der Waals surface area contributed by atoms with Crippen molar-refractivity contribution in [3.63, 3.8) is 0 Å². The summed E-state index contributed by atoms with van der Waals surface area (Å²) in [6.45, 7) is 2.99. The van der Waals surface area contributed by atoms with Crippen LogP contribution in [0.15, 0.2) is 48.5 Å². The van der Waals surface area contributed by atoms with Gasteiger partial charge in [-0.3, -0.25) is 4.79 Å². The number of esters is 1. The first kappa shape index (κ1) is 14.6. The van der Waals surface area contributed by atoms with Crippen molar-refractivity contribution in [3.05, 3.63) is 65.2 Å². The van der Waals surface area contributed by atoms with Crippen molar-refractivity contribution in [2.75, 3.05) is 13.2 Å². The summed E-state index contributed by atoms with van der Waals surface area (Å²) < 4.78 is 10.8. The maximum Gasteiger partial charge on any atom is 0.313 e. The Balaban J connectivity index is 1.85. The first-order valence-electron chi connectivity index (χ1n) is 7.74. The molecule has 3 rings (SSSR count). The van der Waals surface area contributed by atoms with Crippen LogP contribution < -0.4 is 4.74 Å². The molecule has 0 spiro atoms. The Labute approximate surface area is 130 Å². The summed E-state index contributed by atoms with van der Waals surface area (Å²) in [5, 5.41) is 0. The predicted molar refractivity (Wildman–Crippen MR) is 85.2 cm³/mol. The molecule has 1 aliphatic heterocycles. The lowest BCUT2D eigenvalue weighted by atomic mass is 9.91.